The molecule has 132 valence electrons. The van der Waals surface area contributed by atoms with Gasteiger partial charge in [-0.2, -0.15) is 0 Å². The number of nitrogens with one attached hydrogen (secondary N) is 1. The Morgan fingerprint density at radius 1 is 1.12 bits per heavy atom. The van der Waals surface area contributed by atoms with E-state index in [1.807, 2.05) is 0 Å². The van der Waals surface area contributed by atoms with Crippen LogP contribution in [0.5, 0.6) is 0 Å². The van der Waals surface area contributed by atoms with Gasteiger partial charge in [0, 0.05) is 24.9 Å². The number of carbonyl (C=O) groups is 3. The third kappa shape index (κ3) is 3.22. The van der Waals surface area contributed by atoms with Crippen molar-refractivity contribution in [3.8, 4) is 0 Å². The molecule has 1 aliphatic heterocycles. The Hall–Kier alpha value is -3.75. The number of fused-ring (bicyclic) bond motifs is 1. The molecule has 0 radical (unpaired) electrons. The summed E-state index contributed by atoms with van der Waals surface area (Å²) in [4.78, 5) is 46.7. The molecule has 0 unspecified atom stereocenters. The first-order chi connectivity index (χ1) is 12.4. The molecule has 3 amide bonds. The summed E-state index contributed by atoms with van der Waals surface area (Å²) < 4.78 is 5.04. The smallest absolute Gasteiger partial charge is 0.411 e. The van der Waals surface area contributed by atoms with Gasteiger partial charge in [0.25, 0.3) is 17.5 Å². The number of non-ortho nitro benzene ring substituents is 1. The number of imide groups is 1. The standard InChI is InChI=1S/C17H13N3O6/c1-19-15(21)13-7-4-11(8-14(13)16(19)22)18-17(23)26-9-10-2-5-12(6-3-10)20(24)25/h2-8H,9H2,1H3,(H,18,23). The molecule has 2 aromatic rings. The van der Waals surface area contributed by atoms with Crippen molar-refractivity contribution in [1.29, 1.82) is 0 Å². The van der Waals surface area contributed by atoms with Crippen molar-refractivity contribution in [1.82, 2.24) is 4.90 Å². The highest BCUT2D eigenvalue weighted by Gasteiger charge is 2.32. The third-order valence-corrected chi connectivity index (χ3v) is 3.85. The molecule has 9 heteroatoms. The Kier molecular flexibility index (Phi) is 4.36. The Morgan fingerprint density at radius 3 is 2.42 bits per heavy atom. The van der Waals surface area contributed by atoms with Crippen molar-refractivity contribution in [3.05, 3.63) is 69.3 Å². The van der Waals surface area contributed by atoms with Crippen LogP contribution < -0.4 is 5.32 Å². The van der Waals surface area contributed by atoms with E-state index >= 15 is 0 Å². The van der Waals surface area contributed by atoms with E-state index in [0.717, 1.165) is 4.90 Å². The van der Waals surface area contributed by atoms with Crippen molar-refractivity contribution in [2.24, 2.45) is 0 Å². The maximum atomic E-state index is 11.9. The Bertz CT molecular complexity index is 923. The van der Waals surface area contributed by atoms with E-state index in [9.17, 15) is 24.5 Å². The molecule has 3 rings (SSSR count). The van der Waals surface area contributed by atoms with Gasteiger partial charge in [-0.05, 0) is 35.9 Å². The van der Waals surface area contributed by atoms with E-state index in [2.05, 4.69) is 5.32 Å². The first kappa shape index (κ1) is 17.1. The molecule has 0 fully saturated rings. The molecule has 0 spiro atoms. The zero-order chi connectivity index (χ0) is 18.8. The number of benzene rings is 2. The van der Waals surface area contributed by atoms with Gasteiger partial charge in [-0.15, -0.1) is 0 Å². The van der Waals surface area contributed by atoms with Crippen molar-refractivity contribution in [2.75, 3.05) is 12.4 Å². The molecule has 0 saturated heterocycles. The predicted molar refractivity (Wildman–Crippen MR) is 89.8 cm³/mol. The van der Waals surface area contributed by atoms with Gasteiger partial charge in [0.15, 0.2) is 0 Å². The van der Waals surface area contributed by atoms with Gasteiger partial charge >= 0.3 is 6.09 Å². The lowest BCUT2D eigenvalue weighted by atomic mass is 10.1. The molecule has 1 heterocycles. The number of carbonyl (C=O) groups excluding carboxylic acids is 3. The van der Waals surface area contributed by atoms with Gasteiger partial charge in [0.05, 0.1) is 16.1 Å². The maximum absolute atomic E-state index is 11.9. The van der Waals surface area contributed by atoms with E-state index in [0.29, 0.717) is 11.3 Å². The minimum atomic E-state index is -0.756. The van der Waals surface area contributed by atoms with E-state index < -0.39 is 22.8 Å². The van der Waals surface area contributed by atoms with Crippen LogP contribution in [0.2, 0.25) is 0 Å². The van der Waals surface area contributed by atoms with Crippen LogP contribution in [-0.4, -0.2) is 34.8 Å². The minimum Gasteiger partial charge on any atom is -0.444 e. The number of hydrogen-bond acceptors (Lipinski definition) is 6. The number of rotatable bonds is 4. The predicted octanol–water partition coefficient (Wildman–Crippen LogP) is 2.57. The van der Waals surface area contributed by atoms with E-state index in [-0.39, 0.29) is 23.4 Å². The van der Waals surface area contributed by atoms with Gasteiger partial charge in [-0.3, -0.25) is 29.9 Å². The molecule has 0 bridgehead atoms. The van der Waals surface area contributed by atoms with Gasteiger partial charge in [-0.25, -0.2) is 4.79 Å². The second kappa shape index (κ2) is 6.63. The largest absolute Gasteiger partial charge is 0.444 e. The highest BCUT2D eigenvalue weighted by molar-refractivity contribution is 6.21. The summed E-state index contributed by atoms with van der Waals surface area (Å²) in [6.45, 7) is -0.0745. The maximum Gasteiger partial charge on any atom is 0.411 e. The lowest BCUT2D eigenvalue weighted by Gasteiger charge is -2.08. The molecule has 0 aliphatic carbocycles. The Balaban J connectivity index is 1.61. The number of nitro benzene ring substituents is 1. The zero-order valence-corrected chi connectivity index (χ0v) is 13.6. The first-order valence-electron chi connectivity index (χ1n) is 7.50. The van der Waals surface area contributed by atoms with Crippen LogP contribution in [0.25, 0.3) is 0 Å². The van der Waals surface area contributed by atoms with Crippen LogP contribution in [0.15, 0.2) is 42.5 Å². The molecule has 1 aliphatic rings. The molecular formula is C17H13N3O6. The summed E-state index contributed by atoms with van der Waals surface area (Å²) in [7, 11) is 1.39. The SMILES string of the molecule is CN1C(=O)c2ccc(NC(=O)OCc3ccc([N+](=O)[O-])cc3)cc2C1=O. The van der Waals surface area contributed by atoms with Crippen LogP contribution in [0.4, 0.5) is 16.2 Å². The molecule has 26 heavy (non-hydrogen) atoms. The van der Waals surface area contributed by atoms with Crippen molar-refractivity contribution < 1.29 is 24.0 Å². The fourth-order valence-electron chi connectivity index (χ4n) is 2.46. The molecule has 0 atom stereocenters. The second-order valence-corrected chi connectivity index (χ2v) is 5.55. The molecule has 2 aromatic carbocycles. The number of nitro groups is 1. The number of amides is 3. The summed E-state index contributed by atoms with van der Waals surface area (Å²) in [5.41, 5.74) is 1.34. The summed E-state index contributed by atoms with van der Waals surface area (Å²) in [6.07, 6.45) is -0.756. The van der Waals surface area contributed by atoms with Gasteiger partial charge in [0.1, 0.15) is 6.61 Å². The monoisotopic (exact) mass is 355 g/mol. The molecule has 1 N–H and O–H groups in total. The zero-order valence-electron chi connectivity index (χ0n) is 13.6. The third-order valence-electron chi connectivity index (χ3n) is 3.85. The fraction of sp³-hybridized carbons (Fsp3) is 0.118. The molecule has 0 aromatic heterocycles. The Morgan fingerprint density at radius 2 is 1.77 bits per heavy atom. The van der Waals surface area contributed by atoms with E-state index in [4.69, 9.17) is 4.74 Å². The highest BCUT2D eigenvalue weighted by atomic mass is 16.6. The average Bonchev–Trinajstić information content (AvgIpc) is 2.84. The Labute approximate surface area is 147 Å². The van der Waals surface area contributed by atoms with Crippen LogP contribution in [0.1, 0.15) is 26.3 Å². The minimum absolute atomic E-state index is 0.0551. The van der Waals surface area contributed by atoms with Crippen molar-refractivity contribution in [2.45, 2.75) is 6.61 Å². The number of anilines is 1. The quantitative estimate of drug-likeness (QED) is 0.511. The fourth-order valence-corrected chi connectivity index (χ4v) is 2.46. The molecule has 9 nitrogen and oxygen atoms in total. The van der Waals surface area contributed by atoms with E-state index in [1.54, 1.807) is 0 Å². The van der Waals surface area contributed by atoms with Crippen LogP contribution in [0.3, 0.4) is 0 Å². The summed E-state index contributed by atoms with van der Waals surface area (Å²) in [5, 5.41) is 13.1. The summed E-state index contributed by atoms with van der Waals surface area (Å²) in [6, 6.07) is 9.97. The average molecular weight is 355 g/mol. The first-order valence-corrected chi connectivity index (χ1v) is 7.50. The number of hydrogen-bond donors (Lipinski definition) is 1. The van der Waals surface area contributed by atoms with Crippen LogP contribution in [-0.2, 0) is 11.3 Å². The van der Waals surface area contributed by atoms with Gasteiger partial charge in [-0.1, -0.05) is 0 Å². The summed E-state index contributed by atoms with van der Waals surface area (Å²) in [5.74, 6) is -0.829. The number of ether oxygens (including phenoxy) is 1. The second-order valence-electron chi connectivity index (χ2n) is 5.55. The lowest BCUT2D eigenvalue weighted by Crippen LogP contribution is -2.24. The van der Waals surface area contributed by atoms with E-state index in [1.165, 1.54) is 49.5 Å². The van der Waals surface area contributed by atoms with Crippen LogP contribution >= 0.6 is 0 Å². The summed E-state index contributed by atoms with van der Waals surface area (Å²) >= 11 is 0. The van der Waals surface area contributed by atoms with Gasteiger partial charge in [0.2, 0.25) is 0 Å². The lowest BCUT2D eigenvalue weighted by molar-refractivity contribution is -0.384. The molecular weight excluding hydrogens is 342 g/mol. The van der Waals surface area contributed by atoms with Crippen LogP contribution in [0, 0.1) is 10.1 Å². The topological polar surface area (TPSA) is 119 Å². The van der Waals surface area contributed by atoms with Crippen molar-refractivity contribution in [3.63, 3.8) is 0 Å². The molecule has 0 saturated carbocycles. The van der Waals surface area contributed by atoms with Crippen molar-refractivity contribution >= 4 is 29.3 Å². The highest BCUT2D eigenvalue weighted by Crippen LogP contribution is 2.24. The normalized spacial score (nSPS) is 12.7. The number of nitrogens with zero attached hydrogens (tertiary/aromatic N) is 2. The van der Waals surface area contributed by atoms with Gasteiger partial charge < -0.3 is 4.74 Å².